The zero-order valence-corrected chi connectivity index (χ0v) is 11.8. The molecular weight excluding hydrogens is 240 g/mol. The summed E-state index contributed by atoms with van der Waals surface area (Å²) >= 11 is 0. The Morgan fingerprint density at radius 1 is 1.32 bits per heavy atom. The van der Waals surface area contributed by atoms with Crippen LogP contribution in [-0.4, -0.2) is 17.6 Å². The van der Waals surface area contributed by atoms with Crippen molar-refractivity contribution in [3.63, 3.8) is 0 Å². The molecule has 1 aromatic rings. The van der Waals surface area contributed by atoms with Gasteiger partial charge in [-0.2, -0.15) is 0 Å². The summed E-state index contributed by atoms with van der Waals surface area (Å²) in [6.07, 6.45) is 1.65. The van der Waals surface area contributed by atoms with E-state index in [9.17, 15) is 4.79 Å². The van der Waals surface area contributed by atoms with Crippen molar-refractivity contribution >= 4 is 5.91 Å². The van der Waals surface area contributed by atoms with Gasteiger partial charge < -0.3 is 15.8 Å². The maximum Gasteiger partial charge on any atom is 0.240 e. The topological polar surface area (TPSA) is 64.3 Å². The van der Waals surface area contributed by atoms with Gasteiger partial charge in [0.05, 0.1) is 17.7 Å². The highest BCUT2D eigenvalue weighted by molar-refractivity contribution is 5.89. The summed E-state index contributed by atoms with van der Waals surface area (Å²) in [5, 5.41) is 2.97. The third-order valence-electron chi connectivity index (χ3n) is 3.34. The zero-order chi connectivity index (χ0) is 14.0. The Kier molecular flexibility index (Phi) is 3.80. The van der Waals surface area contributed by atoms with Gasteiger partial charge in [0, 0.05) is 5.56 Å². The highest BCUT2D eigenvalue weighted by atomic mass is 16.5. The molecule has 0 saturated heterocycles. The van der Waals surface area contributed by atoms with Crippen LogP contribution in [0.3, 0.4) is 0 Å². The number of ether oxygens (including phenoxy) is 1. The van der Waals surface area contributed by atoms with Gasteiger partial charge in [-0.15, -0.1) is 0 Å². The molecule has 1 aromatic carbocycles. The second-order valence-electron chi connectivity index (χ2n) is 5.56. The Bertz CT molecular complexity index is 467. The van der Waals surface area contributed by atoms with E-state index in [1.165, 1.54) is 0 Å². The molecule has 0 radical (unpaired) electrons. The smallest absolute Gasteiger partial charge is 0.240 e. The Labute approximate surface area is 114 Å². The summed E-state index contributed by atoms with van der Waals surface area (Å²) < 4.78 is 5.77. The summed E-state index contributed by atoms with van der Waals surface area (Å²) in [4.78, 5) is 12.0. The molecule has 1 fully saturated rings. The molecule has 3 N–H and O–H groups in total. The summed E-state index contributed by atoms with van der Waals surface area (Å²) in [5.41, 5.74) is 6.24. The molecule has 4 heteroatoms. The maximum atomic E-state index is 12.0. The lowest BCUT2D eigenvalue weighted by Crippen LogP contribution is -2.43. The number of carbonyl (C=O) groups is 1. The van der Waals surface area contributed by atoms with Crippen LogP contribution >= 0.6 is 0 Å². The number of rotatable bonds is 5. The van der Waals surface area contributed by atoms with E-state index in [4.69, 9.17) is 10.5 Å². The van der Waals surface area contributed by atoms with Crippen molar-refractivity contribution in [2.75, 3.05) is 0 Å². The number of nitrogens with one attached hydrogen (secondary N) is 1. The number of benzene rings is 1. The minimum atomic E-state index is -0.637. The van der Waals surface area contributed by atoms with E-state index < -0.39 is 5.54 Å². The largest absolute Gasteiger partial charge is 0.491 e. The third kappa shape index (κ3) is 3.26. The van der Waals surface area contributed by atoms with Gasteiger partial charge in [-0.3, -0.25) is 4.79 Å². The fourth-order valence-corrected chi connectivity index (χ4v) is 1.98. The van der Waals surface area contributed by atoms with Gasteiger partial charge in [0.25, 0.3) is 0 Å². The van der Waals surface area contributed by atoms with Gasteiger partial charge in [0.15, 0.2) is 0 Å². The Morgan fingerprint density at radius 3 is 2.53 bits per heavy atom. The standard InChI is InChI=1S/C15H22N2O2/c1-10(2)19-13-7-5-4-6-12(13)11(3)17-14(18)15(16)8-9-15/h4-7,10-11H,8-9,16H2,1-3H3,(H,17,18). The molecule has 0 heterocycles. The number of nitrogens with two attached hydrogens (primary N) is 1. The van der Waals surface area contributed by atoms with Gasteiger partial charge in [-0.25, -0.2) is 0 Å². The van der Waals surface area contributed by atoms with Crippen molar-refractivity contribution in [2.45, 2.75) is 51.3 Å². The minimum absolute atomic E-state index is 0.0700. The molecule has 0 aromatic heterocycles. The molecule has 1 atom stereocenters. The molecule has 104 valence electrons. The van der Waals surface area contributed by atoms with Crippen molar-refractivity contribution in [3.05, 3.63) is 29.8 Å². The Balaban J connectivity index is 2.09. The van der Waals surface area contributed by atoms with Crippen LogP contribution < -0.4 is 15.8 Å². The molecule has 1 saturated carbocycles. The van der Waals surface area contributed by atoms with Crippen LogP contribution in [0.2, 0.25) is 0 Å². The summed E-state index contributed by atoms with van der Waals surface area (Å²) in [6, 6.07) is 7.66. The molecule has 1 unspecified atom stereocenters. The fourth-order valence-electron chi connectivity index (χ4n) is 1.98. The first kappa shape index (κ1) is 13.9. The summed E-state index contributed by atoms with van der Waals surface area (Å²) in [7, 11) is 0. The number of hydrogen-bond donors (Lipinski definition) is 2. The average molecular weight is 262 g/mol. The molecule has 0 aliphatic heterocycles. The monoisotopic (exact) mass is 262 g/mol. The van der Waals surface area contributed by atoms with E-state index >= 15 is 0 Å². The average Bonchev–Trinajstić information content (AvgIpc) is 3.08. The van der Waals surface area contributed by atoms with Crippen LogP contribution in [0.15, 0.2) is 24.3 Å². The second kappa shape index (κ2) is 5.21. The highest BCUT2D eigenvalue weighted by Gasteiger charge is 2.46. The van der Waals surface area contributed by atoms with Crippen molar-refractivity contribution in [3.8, 4) is 5.75 Å². The van der Waals surface area contributed by atoms with Crippen molar-refractivity contribution in [2.24, 2.45) is 5.73 Å². The number of hydrogen-bond acceptors (Lipinski definition) is 3. The summed E-state index contributed by atoms with van der Waals surface area (Å²) in [5.74, 6) is 0.742. The van der Waals surface area contributed by atoms with Crippen LogP contribution in [0, 0.1) is 0 Å². The van der Waals surface area contributed by atoms with Crippen LogP contribution in [0.1, 0.15) is 45.2 Å². The van der Waals surface area contributed by atoms with Crippen LogP contribution in [0.5, 0.6) is 5.75 Å². The van der Waals surface area contributed by atoms with Gasteiger partial charge in [0.1, 0.15) is 5.75 Å². The molecule has 0 bridgehead atoms. The molecule has 1 aliphatic carbocycles. The zero-order valence-electron chi connectivity index (χ0n) is 11.8. The lowest BCUT2D eigenvalue weighted by molar-refractivity contribution is -0.123. The van der Waals surface area contributed by atoms with Crippen LogP contribution in [0.25, 0.3) is 0 Å². The molecule has 0 spiro atoms. The van der Waals surface area contributed by atoms with E-state index in [-0.39, 0.29) is 18.1 Å². The van der Waals surface area contributed by atoms with E-state index in [0.717, 1.165) is 24.2 Å². The van der Waals surface area contributed by atoms with Gasteiger partial charge in [0.2, 0.25) is 5.91 Å². The van der Waals surface area contributed by atoms with Crippen LogP contribution in [0.4, 0.5) is 0 Å². The van der Waals surface area contributed by atoms with E-state index in [2.05, 4.69) is 5.32 Å². The van der Waals surface area contributed by atoms with E-state index in [1.54, 1.807) is 0 Å². The number of para-hydroxylation sites is 1. The predicted molar refractivity (Wildman–Crippen MR) is 74.9 cm³/mol. The molecule has 2 rings (SSSR count). The first-order valence-corrected chi connectivity index (χ1v) is 6.78. The summed E-state index contributed by atoms with van der Waals surface area (Å²) in [6.45, 7) is 5.92. The number of carbonyl (C=O) groups excluding carboxylic acids is 1. The SMILES string of the molecule is CC(C)Oc1ccccc1C(C)NC(=O)C1(N)CC1. The second-order valence-corrected chi connectivity index (χ2v) is 5.56. The minimum Gasteiger partial charge on any atom is -0.491 e. The Morgan fingerprint density at radius 2 is 1.95 bits per heavy atom. The molecule has 1 aliphatic rings. The normalized spacial score (nSPS) is 17.9. The van der Waals surface area contributed by atoms with E-state index in [1.807, 2.05) is 45.0 Å². The first-order valence-electron chi connectivity index (χ1n) is 6.78. The Hall–Kier alpha value is -1.55. The van der Waals surface area contributed by atoms with Gasteiger partial charge in [-0.05, 0) is 39.7 Å². The highest BCUT2D eigenvalue weighted by Crippen LogP contribution is 2.33. The lowest BCUT2D eigenvalue weighted by atomic mass is 10.1. The van der Waals surface area contributed by atoms with Gasteiger partial charge >= 0.3 is 0 Å². The van der Waals surface area contributed by atoms with Crippen molar-refractivity contribution < 1.29 is 9.53 Å². The van der Waals surface area contributed by atoms with E-state index in [0.29, 0.717) is 0 Å². The first-order chi connectivity index (χ1) is 8.92. The van der Waals surface area contributed by atoms with Gasteiger partial charge in [-0.1, -0.05) is 18.2 Å². The fraction of sp³-hybridized carbons (Fsp3) is 0.533. The lowest BCUT2D eigenvalue weighted by Gasteiger charge is -2.21. The molecular formula is C15H22N2O2. The molecule has 19 heavy (non-hydrogen) atoms. The quantitative estimate of drug-likeness (QED) is 0.854. The maximum absolute atomic E-state index is 12.0. The molecule has 4 nitrogen and oxygen atoms in total. The third-order valence-corrected chi connectivity index (χ3v) is 3.34. The van der Waals surface area contributed by atoms with Crippen LogP contribution in [-0.2, 0) is 4.79 Å². The van der Waals surface area contributed by atoms with Crippen molar-refractivity contribution in [1.82, 2.24) is 5.32 Å². The predicted octanol–water partition coefficient (Wildman–Crippen LogP) is 2.14. The molecule has 1 amide bonds. The number of amides is 1. The van der Waals surface area contributed by atoms with Crippen molar-refractivity contribution in [1.29, 1.82) is 0 Å².